The Morgan fingerprint density at radius 2 is 1.93 bits per heavy atom. The minimum atomic E-state index is -0.194. The Bertz CT molecular complexity index is 332. The zero-order valence-electron chi connectivity index (χ0n) is 8.88. The first-order chi connectivity index (χ1) is 7.29. The van der Waals surface area contributed by atoms with Gasteiger partial charge >= 0.3 is 0 Å². The first kappa shape index (κ1) is 10.6. The molecule has 0 radical (unpaired) electrons. The molecule has 15 heavy (non-hydrogen) atoms. The van der Waals surface area contributed by atoms with E-state index in [2.05, 4.69) is 4.90 Å². The van der Waals surface area contributed by atoms with Crippen LogP contribution in [-0.4, -0.2) is 18.0 Å². The Morgan fingerprint density at radius 3 is 2.60 bits per heavy atom. The van der Waals surface area contributed by atoms with Crippen molar-refractivity contribution in [1.29, 1.82) is 0 Å². The van der Waals surface area contributed by atoms with E-state index >= 15 is 0 Å². The van der Waals surface area contributed by atoms with E-state index in [-0.39, 0.29) is 5.82 Å². The highest BCUT2D eigenvalue weighted by Gasteiger charge is 2.13. The van der Waals surface area contributed by atoms with Crippen LogP contribution in [-0.2, 0) is 13.1 Å². The number of likely N-dealkylation sites (tertiary alicyclic amines) is 1. The van der Waals surface area contributed by atoms with Gasteiger partial charge in [0.05, 0.1) is 0 Å². The van der Waals surface area contributed by atoms with Gasteiger partial charge < -0.3 is 5.73 Å². The third kappa shape index (κ3) is 2.55. The van der Waals surface area contributed by atoms with Gasteiger partial charge in [-0.2, -0.15) is 0 Å². The molecule has 2 nitrogen and oxygen atoms in total. The highest BCUT2D eigenvalue weighted by atomic mass is 19.1. The van der Waals surface area contributed by atoms with Crippen LogP contribution in [0.4, 0.5) is 4.39 Å². The quantitative estimate of drug-likeness (QED) is 0.821. The molecule has 1 fully saturated rings. The molecule has 1 aliphatic rings. The fraction of sp³-hybridized carbons (Fsp3) is 0.500. The van der Waals surface area contributed by atoms with Gasteiger partial charge in [-0.25, -0.2) is 4.39 Å². The van der Waals surface area contributed by atoms with Gasteiger partial charge in [-0.3, -0.25) is 4.90 Å². The Morgan fingerprint density at radius 1 is 1.20 bits per heavy atom. The van der Waals surface area contributed by atoms with Crippen molar-refractivity contribution in [3.8, 4) is 0 Å². The van der Waals surface area contributed by atoms with E-state index in [4.69, 9.17) is 5.73 Å². The molecule has 1 heterocycles. The maximum Gasteiger partial charge on any atom is 0.123 e. The van der Waals surface area contributed by atoms with Crippen LogP contribution in [0.3, 0.4) is 0 Å². The zero-order chi connectivity index (χ0) is 10.7. The molecule has 0 aliphatic carbocycles. The molecule has 2 N–H and O–H groups in total. The first-order valence-corrected chi connectivity index (χ1v) is 5.49. The van der Waals surface area contributed by atoms with Crippen LogP contribution < -0.4 is 5.73 Å². The highest BCUT2D eigenvalue weighted by molar-refractivity contribution is 5.27. The summed E-state index contributed by atoms with van der Waals surface area (Å²) in [5, 5.41) is 0. The number of hydrogen-bond donors (Lipinski definition) is 1. The van der Waals surface area contributed by atoms with Crippen molar-refractivity contribution >= 4 is 0 Å². The normalized spacial score (nSPS) is 17.2. The van der Waals surface area contributed by atoms with Crippen LogP contribution in [0.15, 0.2) is 18.2 Å². The summed E-state index contributed by atoms with van der Waals surface area (Å²) in [5.74, 6) is -0.194. The third-order valence-electron chi connectivity index (χ3n) is 2.98. The van der Waals surface area contributed by atoms with Crippen LogP contribution in [0, 0.1) is 5.82 Å². The van der Waals surface area contributed by atoms with Gasteiger partial charge in [0, 0.05) is 13.1 Å². The van der Waals surface area contributed by atoms with Crippen LogP contribution in [0.25, 0.3) is 0 Å². The number of benzene rings is 1. The summed E-state index contributed by atoms with van der Waals surface area (Å²) in [6.07, 6.45) is 2.55. The summed E-state index contributed by atoms with van der Waals surface area (Å²) in [6, 6.07) is 4.92. The second kappa shape index (κ2) is 4.73. The van der Waals surface area contributed by atoms with Crippen LogP contribution in [0.2, 0.25) is 0 Å². The highest BCUT2D eigenvalue weighted by Crippen LogP contribution is 2.16. The van der Waals surface area contributed by atoms with Crippen molar-refractivity contribution in [3.63, 3.8) is 0 Å². The van der Waals surface area contributed by atoms with E-state index < -0.39 is 0 Å². The monoisotopic (exact) mass is 208 g/mol. The molecule has 1 aromatic rings. The standard InChI is InChI=1S/C12H17FN2/c13-12-4-3-10(11(7-12)8-14)9-15-5-1-2-6-15/h3-4,7H,1-2,5-6,8-9,14H2. The summed E-state index contributed by atoms with van der Waals surface area (Å²) in [5.41, 5.74) is 7.71. The molecule has 2 rings (SSSR count). The van der Waals surface area contributed by atoms with Crippen molar-refractivity contribution in [2.24, 2.45) is 5.73 Å². The average Bonchev–Trinajstić information content (AvgIpc) is 2.73. The van der Waals surface area contributed by atoms with Crippen molar-refractivity contribution in [1.82, 2.24) is 4.90 Å². The maximum absolute atomic E-state index is 13.0. The van der Waals surface area contributed by atoms with Crippen molar-refractivity contribution in [2.75, 3.05) is 13.1 Å². The van der Waals surface area contributed by atoms with E-state index in [0.717, 1.165) is 25.2 Å². The lowest BCUT2D eigenvalue weighted by molar-refractivity contribution is 0.330. The molecule has 1 aromatic carbocycles. The molecular formula is C12H17FN2. The van der Waals surface area contributed by atoms with Crippen molar-refractivity contribution < 1.29 is 4.39 Å². The number of nitrogens with zero attached hydrogens (tertiary/aromatic N) is 1. The zero-order valence-corrected chi connectivity index (χ0v) is 8.88. The van der Waals surface area contributed by atoms with Crippen LogP contribution >= 0.6 is 0 Å². The molecular weight excluding hydrogens is 191 g/mol. The minimum absolute atomic E-state index is 0.194. The smallest absolute Gasteiger partial charge is 0.123 e. The van der Waals surface area contributed by atoms with E-state index in [1.54, 1.807) is 6.07 Å². The largest absolute Gasteiger partial charge is 0.326 e. The predicted molar refractivity (Wildman–Crippen MR) is 58.8 cm³/mol. The molecule has 1 saturated heterocycles. The average molecular weight is 208 g/mol. The van der Waals surface area contributed by atoms with Crippen molar-refractivity contribution in [2.45, 2.75) is 25.9 Å². The Balaban J connectivity index is 2.12. The lowest BCUT2D eigenvalue weighted by Gasteiger charge is -2.16. The Labute approximate surface area is 89.9 Å². The minimum Gasteiger partial charge on any atom is -0.326 e. The lowest BCUT2D eigenvalue weighted by atomic mass is 10.1. The van der Waals surface area contributed by atoms with Gasteiger partial charge in [0.2, 0.25) is 0 Å². The van der Waals surface area contributed by atoms with Crippen LogP contribution in [0.5, 0.6) is 0 Å². The van der Waals surface area contributed by atoms with E-state index in [0.29, 0.717) is 6.54 Å². The Kier molecular flexibility index (Phi) is 3.34. The summed E-state index contributed by atoms with van der Waals surface area (Å²) in [7, 11) is 0. The molecule has 0 spiro atoms. The summed E-state index contributed by atoms with van der Waals surface area (Å²) < 4.78 is 13.0. The second-order valence-electron chi connectivity index (χ2n) is 4.10. The molecule has 0 amide bonds. The topological polar surface area (TPSA) is 29.3 Å². The second-order valence-corrected chi connectivity index (χ2v) is 4.10. The molecule has 1 aliphatic heterocycles. The molecule has 0 unspecified atom stereocenters. The molecule has 0 saturated carbocycles. The van der Waals surface area contributed by atoms with E-state index in [1.807, 2.05) is 6.07 Å². The first-order valence-electron chi connectivity index (χ1n) is 5.49. The number of hydrogen-bond acceptors (Lipinski definition) is 2. The fourth-order valence-electron chi connectivity index (χ4n) is 2.12. The van der Waals surface area contributed by atoms with Crippen molar-refractivity contribution in [3.05, 3.63) is 35.1 Å². The van der Waals surface area contributed by atoms with Gasteiger partial charge in [-0.05, 0) is 49.2 Å². The summed E-state index contributed by atoms with van der Waals surface area (Å²) in [4.78, 5) is 2.40. The van der Waals surface area contributed by atoms with Gasteiger partial charge in [0.1, 0.15) is 5.82 Å². The fourth-order valence-corrected chi connectivity index (χ4v) is 2.12. The predicted octanol–water partition coefficient (Wildman–Crippen LogP) is 1.88. The van der Waals surface area contributed by atoms with Gasteiger partial charge in [-0.15, -0.1) is 0 Å². The van der Waals surface area contributed by atoms with Gasteiger partial charge in [0.25, 0.3) is 0 Å². The molecule has 0 bridgehead atoms. The lowest BCUT2D eigenvalue weighted by Crippen LogP contribution is -2.19. The summed E-state index contributed by atoms with van der Waals surface area (Å²) >= 11 is 0. The SMILES string of the molecule is NCc1cc(F)ccc1CN1CCCC1. The Hall–Kier alpha value is -0.930. The van der Waals surface area contributed by atoms with E-state index in [1.165, 1.54) is 24.5 Å². The number of halogens is 1. The molecule has 0 atom stereocenters. The van der Waals surface area contributed by atoms with Gasteiger partial charge in [-0.1, -0.05) is 6.07 Å². The molecule has 0 aromatic heterocycles. The summed E-state index contributed by atoms with van der Waals surface area (Å²) in [6.45, 7) is 3.64. The number of rotatable bonds is 3. The van der Waals surface area contributed by atoms with Gasteiger partial charge in [0.15, 0.2) is 0 Å². The molecule has 3 heteroatoms. The number of nitrogens with two attached hydrogens (primary N) is 1. The van der Waals surface area contributed by atoms with E-state index in [9.17, 15) is 4.39 Å². The third-order valence-corrected chi connectivity index (χ3v) is 2.98. The maximum atomic E-state index is 13.0. The van der Waals surface area contributed by atoms with Crippen LogP contribution in [0.1, 0.15) is 24.0 Å². The molecule has 82 valence electrons.